The van der Waals surface area contributed by atoms with E-state index in [4.69, 9.17) is 9.31 Å². The second-order valence-electron chi connectivity index (χ2n) is 10.5. The molecule has 1 aromatic heterocycles. The first kappa shape index (κ1) is 26.0. The van der Waals surface area contributed by atoms with Crippen molar-refractivity contribution >= 4 is 24.6 Å². The van der Waals surface area contributed by atoms with E-state index in [2.05, 4.69) is 26.6 Å². The minimum atomic E-state index is -0.852. The maximum Gasteiger partial charge on any atom is 0.494 e. The van der Waals surface area contributed by atoms with Crippen molar-refractivity contribution in [2.24, 2.45) is 0 Å². The fraction of sp³-hybridized carbons (Fsp3) is 0.500. The Morgan fingerprint density at radius 3 is 2.44 bits per heavy atom. The SMILES string of the molecule is C=C(C)[C@H](NC(=O)OC)C(=O)N1CCC[C@H]1c1ncc(-c2ccc(B3OC(C)(C)C(C)(C)O3)cc2)[nH]1. The lowest BCUT2D eigenvalue weighted by Gasteiger charge is -2.32. The lowest BCUT2D eigenvalue weighted by molar-refractivity contribution is -0.133. The number of nitrogens with zero attached hydrogens (tertiary/aromatic N) is 2. The number of ether oxygens (including phenoxy) is 1. The highest BCUT2D eigenvalue weighted by atomic mass is 16.7. The highest BCUT2D eigenvalue weighted by Crippen LogP contribution is 2.37. The molecule has 0 spiro atoms. The average Bonchev–Trinajstić information content (AvgIpc) is 3.54. The number of amides is 2. The van der Waals surface area contributed by atoms with Crippen molar-refractivity contribution in [3.63, 3.8) is 0 Å². The van der Waals surface area contributed by atoms with Crippen LogP contribution in [0.2, 0.25) is 0 Å². The summed E-state index contributed by atoms with van der Waals surface area (Å²) in [5.74, 6) is 0.490. The van der Waals surface area contributed by atoms with Gasteiger partial charge in [-0.15, -0.1) is 0 Å². The second-order valence-corrected chi connectivity index (χ2v) is 10.5. The number of H-pyrrole nitrogens is 1. The molecule has 36 heavy (non-hydrogen) atoms. The molecule has 0 saturated carbocycles. The lowest BCUT2D eigenvalue weighted by atomic mass is 9.79. The van der Waals surface area contributed by atoms with Crippen LogP contribution in [-0.4, -0.2) is 64.9 Å². The van der Waals surface area contributed by atoms with E-state index in [1.165, 1.54) is 7.11 Å². The molecule has 2 aliphatic rings. The molecule has 2 saturated heterocycles. The first-order valence-electron chi connectivity index (χ1n) is 12.2. The predicted octanol–water partition coefficient (Wildman–Crippen LogP) is 3.34. The van der Waals surface area contributed by atoms with E-state index in [1.54, 1.807) is 18.0 Å². The van der Waals surface area contributed by atoms with Gasteiger partial charge in [-0.2, -0.15) is 0 Å². The Balaban J connectivity index is 1.49. The Kier molecular flexibility index (Phi) is 7.03. The third-order valence-electron chi connectivity index (χ3n) is 7.38. The molecule has 0 radical (unpaired) electrons. The zero-order valence-electron chi connectivity index (χ0n) is 21.9. The number of benzene rings is 1. The monoisotopic (exact) mass is 494 g/mol. The number of hydrogen-bond acceptors (Lipinski definition) is 6. The number of carbonyl (C=O) groups is 2. The molecule has 9 nitrogen and oxygen atoms in total. The van der Waals surface area contributed by atoms with Gasteiger partial charge in [-0.25, -0.2) is 9.78 Å². The van der Waals surface area contributed by atoms with Crippen LogP contribution in [0, 0.1) is 0 Å². The van der Waals surface area contributed by atoms with Crippen LogP contribution in [0.4, 0.5) is 4.79 Å². The number of aromatic nitrogens is 2. The van der Waals surface area contributed by atoms with Crippen molar-refractivity contribution in [3.05, 3.63) is 48.4 Å². The Labute approximate surface area is 212 Å². The maximum absolute atomic E-state index is 13.3. The van der Waals surface area contributed by atoms with Gasteiger partial charge in [0, 0.05) is 6.54 Å². The van der Waals surface area contributed by atoms with Crippen molar-refractivity contribution in [1.82, 2.24) is 20.2 Å². The molecule has 0 aliphatic carbocycles. The van der Waals surface area contributed by atoms with Crippen molar-refractivity contribution in [3.8, 4) is 11.3 Å². The summed E-state index contributed by atoms with van der Waals surface area (Å²) in [6, 6.07) is 6.95. The summed E-state index contributed by atoms with van der Waals surface area (Å²) in [6.45, 7) is 14.3. The Morgan fingerprint density at radius 2 is 1.86 bits per heavy atom. The molecule has 2 aromatic rings. The number of methoxy groups -OCH3 is 1. The highest BCUT2D eigenvalue weighted by molar-refractivity contribution is 6.62. The van der Waals surface area contributed by atoms with Gasteiger partial charge in [-0.3, -0.25) is 4.79 Å². The van der Waals surface area contributed by atoms with Crippen molar-refractivity contribution in [2.45, 2.75) is 70.7 Å². The van der Waals surface area contributed by atoms with Crippen molar-refractivity contribution in [1.29, 1.82) is 0 Å². The molecular weight excluding hydrogens is 459 g/mol. The molecule has 2 atom stereocenters. The summed E-state index contributed by atoms with van der Waals surface area (Å²) in [5, 5.41) is 2.58. The van der Waals surface area contributed by atoms with Crippen LogP contribution in [0.15, 0.2) is 42.6 Å². The number of likely N-dealkylation sites (tertiary alicyclic amines) is 1. The van der Waals surface area contributed by atoms with Crippen LogP contribution in [0.1, 0.15) is 59.3 Å². The van der Waals surface area contributed by atoms with E-state index in [-0.39, 0.29) is 11.9 Å². The largest absolute Gasteiger partial charge is 0.494 e. The fourth-order valence-electron chi connectivity index (χ4n) is 4.50. The van der Waals surface area contributed by atoms with Crippen LogP contribution in [0.5, 0.6) is 0 Å². The Bertz CT molecular complexity index is 1130. The third-order valence-corrected chi connectivity index (χ3v) is 7.38. The summed E-state index contributed by atoms with van der Waals surface area (Å²) in [5.41, 5.74) is 2.53. The summed E-state index contributed by atoms with van der Waals surface area (Å²) in [6.07, 6.45) is 2.73. The standard InChI is InChI=1S/C26H35BN4O5/c1-16(2)21(30-24(33)34-7)23(32)31-14-8-9-20(31)22-28-15-19(29-22)17-10-12-18(13-11-17)27-35-25(3,4)26(5,6)36-27/h10-13,15,20-21H,1,8-9,14H2,2-7H3,(H,28,29)(H,30,33)/t20-,21-/m0/s1. The van der Waals surface area contributed by atoms with Crippen molar-refractivity contribution < 1.29 is 23.6 Å². The molecule has 1 aromatic carbocycles. The van der Waals surface area contributed by atoms with Gasteiger partial charge in [0.05, 0.1) is 36.2 Å². The van der Waals surface area contributed by atoms with Gasteiger partial charge in [0.1, 0.15) is 11.9 Å². The second kappa shape index (κ2) is 9.74. The molecular formula is C26H35BN4O5. The van der Waals surface area contributed by atoms with Crippen LogP contribution < -0.4 is 10.8 Å². The van der Waals surface area contributed by atoms with Gasteiger partial charge >= 0.3 is 13.2 Å². The lowest BCUT2D eigenvalue weighted by Crippen LogP contribution is -2.49. The van der Waals surface area contributed by atoms with Gasteiger partial charge < -0.3 is 29.2 Å². The van der Waals surface area contributed by atoms with Gasteiger partial charge in [-0.05, 0) is 64.1 Å². The van der Waals surface area contributed by atoms with E-state index < -0.39 is 30.5 Å². The summed E-state index contributed by atoms with van der Waals surface area (Å²) >= 11 is 0. The van der Waals surface area contributed by atoms with Crippen molar-refractivity contribution in [2.75, 3.05) is 13.7 Å². The Hall–Kier alpha value is -3.11. The van der Waals surface area contributed by atoms with E-state index in [9.17, 15) is 9.59 Å². The number of rotatable bonds is 6. The molecule has 2 N–H and O–H groups in total. The first-order valence-corrected chi connectivity index (χ1v) is 12.2. The summed E-state index contributed by atoms with van der Waals surface area (Å²) in [7, 11) is 0.847. The minimum absolute atomic E-state index is 0.212. The number of imidazole rings is 1. The van der Waals surface area contributed by atoms with Gasteiger partial charge in [0.25, 0.3) is 0 Å². The van der Waals surface area contributed by atoms with Crippen LogP contribution in [0.3, 0.4) is 0 Å². The number of aromatic amines is 1. The summed E-state index contributed by atoms with van der Waals surface area (Å²) < 4.78 is 17.0. The molecule has 192 valence electrons. The number of carbonyl (C=O) groups excluding carboxylic acids is 2. The first-order chi connectivity index (χ1) is 16.9. The van der Waals surface area contributed by atoms with Gasteiger partial charge in [0.2, 0.25) is 5.91 Å². The minimum Gasteiger partial charge on any atom is -0.453 e. The molecule has 2 amide bonds. The van der Waals surface area contributed by atoms with E-state index in [0.717, 1.165) is 29.6 Å². The molecule has 3 heterocycles. The highest BCUT2D eigenvalue weighted by Gasteiger charge is 2.51. The zero-order chi connectivity index (χ0) is 26.3. The topological polar surface area (TPSA) is 106 Å². The molecule has 10 heteroatoms. The van der Waals surface area contributed by atoms with E-state index >= 15 is 0 Å². The summed E-state index contributed by atoms with van der Waals surface area (Å²) in [4.78, 5) is 34.8. The van der Waals surface area contributed by atoms with Gasteiger partial charge in [0.15, 0.2) is 0 Å². The van der Waals surface area contributed by atoms with E-state index in [0.29, 0.717) is 17.9 Å². The normalized spacial score (nSPS) is 21.3. The smallest absolute Gasteiger partial charge is 0.453 e. The predicted molar refractivity (Wildman–Crippen MR) is 138 cm³/mol. The average molecular weight is 494 g/mol. The molecule has 2 aliphatic heterocycles. The fourth-order valence-corrected chi connectivity index (χ4v) is 4.50. The van der Waals surface area contributed by atoms with Crippen LogP contribution in [-0.2, 0) is 18.8 Å². The van der Waals surface area contributed by atoms with Crippen LogP contribution >= 0.6 is 0 Å². The molecule has 4 rings (SSSR count). The molecule has 0 bridgehead atoms. The van der Waals surface area contributed by atoms with Gasteiger partial charge in [-0.1, -0.05) is 30.8 Å². The van der Waals surface area contributed by atoms with Crippen LogP contribution in [0.25, 0.3) is 11.3 Å². The number of alkyl carbamates (subject to hydrolysis) is 1. The quantitative estimate of drug-likeness (QED) is 0.472. The Morgan fingerprint density at radius 1 is 1.22 bits per heavy atom. The maximum atomic E-state index is 13.3. The zero-order valence-corrected chi connectivity index (χ0v) is 21.9. The number of hydrogen-bond donors (Lipinski definition) is 2. The third kappa shape index (κ3) is 4.92. The van der Waals surface area contributed by atoms with E-state index in [1.807, 2.05) is 52.0 Å². The number of nitrogens with one attached hydrogen (secondary N) is 2. The molecule has 2 fully saturated rings. The molecule has 0 unspecified atom stereocenters.